The molecule has 0 aliphatic carbocycles. The molecule has 32 heavy (non-hydrogen) atoms. The first kappa shape index (κ1) is 21.8. The molecule has 0 aliphatic rings. The predicted molar refractivity (Wildman–Crippen MR) is 124 cm³/mol. The standard InChI is InChI=1S/C23H24ClFN6O/c1-23(2,3)21-11-15(31(29-21)14-8-9-18(25)17(24)10-14)12-26-22(32)28-19-6-5-7-20-16(19)13-27-30(20)4/h5-11,13H,12H2,1-4H3,(H2,26,28,32). The number of anilines is 1. The molecule has 166 valence electrons. The average molecular weight is 455 g/mol. The summed E-state index contributed by atoms with van der Waals surface area (Å²) in [6.07, 6.45) is 1.72. The van der Waals surface area contributed by atoms with Crippen molar-refractivity contribution in [3.05, 3.63) is 70.9 Å². The number of carbonyl (C=O) groups excluding carboxylic acids is 1. The quantitative estimate of drug-likeness (QED) is 0.446. The van der Waals surface area contributed by atoms with Crippen molar-refractivity contribution >= 4 is 34.2 Å². The molecule has 0 atom stereocenters. The Hall–Kier alpha value is -3.39. The molecule has 4 rings (SSSR count). The van der Waals surface area contributed by atoms with Crippen LogP contribution in [0.3, 0.4) is 0 Å². The first-order chi connectivity index (χ1) is 15.1. The van der Waals surface area contributed by atoms with Crippen LogP contribution in [0.15, 0.2) is 48.7 Å². The third-order valence-corrected chi connectivity index (χ3v) is 5.46. The van der Waals surface area contributed by atoms with Crippen LogP contribution in [0.1, 0.15) is 32.2 Å². The zero-order chi connectivity index (χ0) is 23.0. The van der Waals surface area contributed by atoms with E-state index in [4.69, 9.17) is 11.6 Å². The maximum Gasteiger partial charge on any atom is 0.319 e. The van der Waals surface area contributed by atoms with Crippen molar-refractivity contribution in [2.24, 2.45) is 7.05 Å². The minimum absolute atomic E-state index is 0.0107. The molecule has 0 saturated carbocycles. The number of fused-ring (bicyclic) bond motifs is 1. The Morgan fingerprint density at radius 1 is 1.19 bits per heavy atom. The highest BCUT2D eigenvalue weighted by molar-refractivity contribution is 6.30. The third kappa shape index (κ3) is 4.31. The van der Waals surface area contributed by atoms with Crippen molar-refractivity contribution in [2.75, 3.05) is 5.32 Å². The lowest BCUT2D eigenvalue weighted by Crippen LogP contribution is -2.29. The molecule has 2 N–H and O–H groups in total. The van der Waals surface area contributed by atoms with Crippen molar-refractivity contribution in [1.82, 2.24) is 24.9 Å². The maximum atomic E-state index is 13.7. The number of hydrogen-bond donors (Lipinski definition) is 2. The van der Waals surface area contributed by atoms with E-state index in [2.05, 4.69) is 41.6 Å². The monoisotopic (exact) mass is 454 g/mol. The van der Waals surface area contributed by atoms with Gasteiger partial charge >= 0.3 is 6.03 Å². The first-order valence-electron chi connectivity index (χ1n) is 10.1. The van der Waals surface area contributed by atoms with E-state index in [9.17, 15) is 9.18 Å². The molecule has 7 nitrogen and oxygen atoms in total. The molecule has 0 bridgehead atoms. The maximum absolute atomic E-state index is 13.7. The second-order valence-corrected chi connectivity index (χ2v) is 9.00. The SMILES string of the molecule is Cn1ncc2c(NC(=O)NCc3cc(C(C)(C)C)nn3-c3ccc(F)c(Cl)c3)cccc21. The Labute approximate surface area is 190 Å². The first-order valence-corrected chi connectivity index (χ1v) is 10.5. The van der Waals surface area contributed by atoms with Gasteiger partial charge in [0.05, 0.1) is 46.0 Å². The number of aromatic nitrogens is 4. The Bertz CT molecular complexity index is 1300. The van der Waals surface area contributed by atoms with Gasteiger partial charge in [-0.05, 0) is 36.4 Å². The summed E-state index contributed by atoms with van der Waals surface area (Å²) in [5, 5.41) is 15.5. The van der Waals surface area contributed by atoms with Gasteiger partial charge in [-0.2, -0.15) is 10.2 Å². The largest absolute Gasteiger partial charge is 0.332 e. The lowest BCUT2D eigenvalue weighted by Gasteiger charge is -2.14. The van der Waals surface area contributed by atoms with Crippen LogP contribution in [0.25, 0.3) is 16.6 Å². The summed E-state index contributed by atoms with van der Waals surface area (Å²) in [6.45, 7) is 6.37. The van der Waals surface area contributed by atoms with Gasteiger partial charge in [-0.25, -0.2) is 13.9 Å². The van der Waals surface area contributed by atoms with E-state index in [-0.39, 0.29) is 23.0 Å². The molecule has 0 fully saturated rings. The molecule has 4 aromatic rings. The number of aryl methyl sites for hydroxylation is 1. The molecule has 0 saturated heterocycles. The van der Waals surface area contributed by atoms with Crippen LogP contribution < -0.4 is 10.6 Å². The molecular weight excluding hydrogens is 431 g/mol. The second kappa shape index (κ2) is 8.27. The fraction of sp³-hybridized carbons (Fsp3) is 0.261. The van der Waals surface area contributed by atoms with Crippen molar-refractivity contribution in [3.8, 4) is 5.69 Å². The van der Waals surface area contributed by atoms with Crippen LogP contribution in [0.5, 0.6) is 0 Å². The van der Waals surface area contributed by atoms with Crippen molar-refractivity contribution in [1.29, 1.82) is 0 Å². The minimum Gasteiger partial charge on any atom is -0.332 e. The smallest absolute Gasteiger partial charge is 0.319 e. The van der Waals surface area contributed by atoms with Crippen molar-refractivity contribution < 1.29 is 9.18 Å². The van der Waals surface area contributed by atoms with Gasteiger partial charge in [-0.15, -0.1) is 0 Å². The summed E-state index contributed by atoms with van der Waals surface area (Å²) in [5.41, 5.74) is 3.58. The summed E-state index contributed by atoms with van der Waals surface area (Å²) in [7, 11) is 1.85. The number of rotatable bonds is 4. The Balaban J connectivity index is 1.57. The van der Waals surface area contributed by atoms with Crippen LogP contribution >= 0.6 is 11.6 Å². The fourth-order valence-electron chi connectivity index (χ4n) is 3.38. The van der Waals surface area contributed by atoms with E-state index in [1.54, 1.807) is 21.6 Å². The van der Waals surface area contributed by atoms with Gasteiger partial charge in [0, 0.05) is 17.8 Å². The van der Waals surface area contributed by atoms with Crippen molar-refractivity contribution in [3.63, 3.8) is 0 Å². The van der Waals surface area contributed by atoms with E-state index in [0.717, 1.165) is 22.3 Å². The van der Waals surface area contributed by atoms with Gasteiger partial charge in [-0.1, -0.05) is 38.4 Å². The molecule has 0 unspecified atom stereocenters. The van der Waals surface area contributed by atoms with E-state index in [1.165, 1.54) is 12.1 Å². The molecule has 0 spiro atoms. The predicted octanol–water partition coefficient (Wildman–Crippen LogP) is 5.17. The second-order valence-electron chi connectivity index (χ2n) is 8.60. The van der Waals surface area contributed by atoms with E-state index >= 15 is 0 Å². The lowest BCUT2D eigenvalue weighted by molar-refractivity contribution is 0.251. The summed E-state index contributed by atoms with van der Waals surface area (Å²) < 4.78 is 17.1. The zero-order valence-corrected chi connectivity index (χ0v) is 19.0. The van der Waals surface area contributed by atoms with Crippen LogP contribution in [0.2, 0.25) is 5.02 Å². The molecule has 0 radical (unpaired) electrons. The molecular formula is C23H24ClFN6O. The number of urea groups is 1. The van der Waals surface area contributed by atoms with Crippen LogP contribution in [-0.2, 0) is 19.0 Å². The number of hydrogen-bond acceptors (Lipinski definition) is 3. The lowest BCUT2D eigenvalue weighted by atomic mass is 9.92. The molecule has 9 heteroatoms. The van der Waals surface area contributed by atoms with Crippen molar-refractivity contribution in [2.45, 2.75) is 32.7 Å². The molecule has 0 aliphatic heterocycles. The summed E-state index contributed by atoms with van der Waals surface area (Å²) >= 11 is 5.98. The highest BCUT2D eigenvalue weighted by Crippen LogP contribution is 2.26. The minimum atomic E-state index is -0.498. The third-order valence-electron chi connectivity index (χ3n) is 5.17. The Kier molecular flexibility index (Phi) is 5.64. The Morgan fingerprint density at radius 3 is 2.69 bits per heavy atom. The van der Waals surface area contributed by atoms with Gasteiger partial charge in [0.15, 0.2) is 0 Å². The molecule has 2 aromatic carbocycles. The molecule has 2 amide bonds. The molecule has 2 aromatic heterocycles. The van der Waals surface area contributed by atoms with E-state index < -0.39 is 5.82 Å². The summed E-state index contributed by atoms with van der Waals surface area (Å²) in [4.78, 5) is 12.6. The number of amides is 2. The van der Waals surface area contributed by atoms with Crippen LogP contribution in [0.4, 0.5) is 14.9 Å². The number of halogens is 2. The van der Waals surface area contributed by atoms with Crippen LogP contribution in [0, 0.1) is 5.82 Å². The van der Waals surface area contributed by atoms with Gasteiger partial charge in [-0.3, -0.25) is 4.68 Å². The van der Waals surface area contributed by atoms with Gasteiger partial charge < -0.3 is 10.6 Å². The van der Waals surface area contributed by atoms with Crippen LogP contribution in [-0.4, -0.2) is 25.6 Å². The summed E-state index contributed by atoms with van der Waals surface area (Å²) in [6, 6.07) is 11.6. The molecule has 2 heterocycles. The average Bonchev–Trinajstić information content (AvgIpc) is 3.33. The highest BCUT2D eigenvalue weighted by atomic mass is 35.5. The normalized spacial score (nSPS) is 11.7. The zero-order valence-electron chi connectivity index (χ0n) is 18.3. The number of nitrogens with one attached hydrogen (secondary N) is 2. The fourth-order valence-corrected chi connectivity index (χ4v) is 3.55. The van der Waals surface area contributed by atoms with Gasteiger partial charge in [0.25, 0.3) is 0 Å². The van der Waals surface area contributed by atoms with E-state index in [0.29, 0.717) is 11.4 Å². The highest BCUT2D eigenvalue weighted by Gasteiger charge is 2.21. The summed E-state index contributed by atoms with van der Waals surface area (Å²) in [5.74, 6) is -0.498. The number of carbonyl (C=O) groups is 1. The number of nitrogens with zero attached hydrogens (tertiary/aromatic N) is 4. The van der Waals surface area contributed by atoms with Gasteiger partial charge in [0.1, 0.15) is 5.82 Å². The Morgan fingerprint density at radius 2 is 1.97 bits per heavy atom. The topological polar surface area (TPSA) is 76.8 Å². The number of benzene rings is 2. The van der Waals surface area contributed by atoms with Gasteiger partial charge in [0.2, 0.25) is 0 Å². The van der Waals surface area contributed by atoms with E-state index in [1.807, 2.05) is 31.3 Å².